The maximum atomic E-state index is 16.0. The number of nitrogens with zero attached hydrogens (tertiary/aromatic N) is 5. The van der Waals surface area contributed by atoms with Crippen LogP contribution in [0.5, 0.6) is 5.75 Å². The Kier molecular flexibility index (Phi) is 8.40. The first kappa shape index (κ1) is 28.7. The van der Waals surface area contributed by atoms with Crippen LogP contribution in [-0.4, -0.2) is 64.7 Å². The van der Waals surface area contributed by atoms with E-state index in [1.165, 1.54) is 13.3 Å². The topological polar surface area (TPSA) is 156 Å². The van der Waals surface area contributed by atoms with Crippen molar-refractivity contribution in [1.29, 1.82) is 0 Å². The van der Waals surface area contributed by atoms with Crippen LogP contribution in [0.15, 0.2) is 36.7 Å². The van der Waals surface area contributed by atoms with Crippen molar-refractivity contribution in [2.75, 3.05) is 37.9 Å². The maximum absolute atomic E-state index is 16.0. The molecular weight excluding hydrogens is 532 g/mol. The molecule has 0 radical (unpaired) electrons. The highest BCUT2D eigenvalue weighted by Crippen LogP contribution is 2.49. The number of hydrogen-bond acceptors (Lipinski definition) is 11. The van der Waals surface area contributed by atoms with Crippen molar-refractivity contribution in [3.05, 3.63) is 36.7 Å². The normalized spacial score (nSPS) is 23.3. The molecule has 0 unspecified atom stereocenters. The summed E-state index contributed by atoms with van der Waals surface area (Å²) in [7, 11) is -0.671. The summed E-state index contributed by atoms with van der Waals surface area (Å²) in [5, 5.41) is 2.53. The first-order chi connectivity index (χ1) is 18.4. The van der Waals surface area contributed by atoms with Crippen molar-refractivity contribution >= 4 is 36.6 Å². The van der Waals surface area contributed by atoms with E-state index in [1.807, 2.05) is 0 Å². The molecule has 4 rings (SSSR count). The van der Waals surface area contributed by atoms with Crippen LogP contribution in [-0.2, 0) is 23.4 Å². The van der Waals surface area contributed by atoms with Crippen molar-refractivity contribution < 1.29 is 32.3 Å². The summed E-state index contributed by atoms with van der Waals surface area (Å²) in [5.74, 6) is -2.60. The monoisotopic (exact) mass is 565 g/mol. The number of carbonyl (C=O) groups is 1. The number of fused-ring (bicyclic) bond motifs is 1. The highest BCUT2D eigenvalue weighted by atomic mass is 31.2. The summed E-state index contributed by atoms with van der Waals surface area (Å²) in [4.78, 5) is 26.8. The Balaban J connectivity index is 1.54. The van der Waals surface area contributed by atoms with Gasteiger partial charge in [-0.15, -0.1) is 0 Å². The number of benzene rings is 1. The number of alkyl halides is 1. The van der Waals surface area contributed by atoms with E-state index < -0.39 is 38.4 Å². The van der Waals surface area contributed by atoms with Crippen molar-refractivity contribution in [2.45, 2.75) is 45.3 Å². The van der Waals surface area contributed by atoms with Crippen LogP contribution in [0.2, 0.25) is 0 Å². The van der Waals surface area contributed by atoms with Crippen LogP contribution in [0.3, 0.4) is 0 Å². The molecule has 0 bridgehead atoms. The van der Waals surface area contributed by atoms with Crippen LogP contribution in [0.25, 0.3) is 11.2 Å². The molecule has 13 nitrogen and oxygen atoms in total. The number of aromatic nitrogens is 4. The molecule has 3 N–H and O–H groups in total. The number of hydrogen-bond donors (Lipinski definition) is 2. The number of anilines is 2. The van der Waals surface area contributed by atoms with Gasteiger partial charge in [0, 0.05) is 26.4 Å². The Morgan fingerprint density at radius 1 is 1.36 bits per heavy atom. The fraction of sp³-hybridized carbons (Fsp3) is 0.500. The largest absolute Gasteiger partial charge is 0.465 e. The number of esters is 1. The van der Waals surface area contributed by atoms with E-state index in [1.54, 1.807) is 67.7 Å². The van der Waals surface area contributed by atoms with E-state index in [2.05, 4.69) is 20.0 Å². The van der Waals surface area contributed by atoms with Crippen LogP contribution >= 0.6 is 7.75 Å². The first-order valence-electron chi connectivity index (χ1n) is 12.4. The zero-order valence-corrected chi connectivity index (χ0v) is 23.3. The second-order valence-corrected chi connectivity index (χ2v) is 11.2. The smallest absolute Gasteiger partial charge is 0.459 e. The molecule has 1 aliphatic heterocycles. The Labute approximate surface area is 225 Å². The molecule has 39 heavy (non-hydrogen) atoms. The minimum Gasteiger partial charge on any atom is -0.465 e. The van der Waals surface area contributed by atoms with Crippen molar-refractivity contribution in [2.24, 2.45) is 5.92 Å². The Hall–Kier alpha value is -3.32. The van der Waals surface area contributed by atoms with E-state index in [4.69, 9.17) is 24.3 Å². The third-order valence-corrected chi connectivity index (χ3v) is 7.60. The number of ether oxygens (including phenoxy) is 2. The average Bonchev–Trinajstić information content (AvgIpc) is 3.42. The highest BCUT2D eigenvalue weighted by molar-refractivity contribution is 7.52. The Morgan fingerprint density at radius 2 is 2.08 bits per heavy atom. The number of carbonyl (C=O) groups excluding carboxylic acids is 1. The van der Waals surface area contributed by atoms with E-state index >= 15 is 4.39 Å². The second-order valence-electron chi connectivity index (χ2n) is 9.47. The predicted octanol–water partition coefficient (Wildman–Crippen LogP) is 3.44. The number of rotatable bonds is 11. The zero-order chi connectivity index (χ0) is 28.4. The molecule has 0 amide bonds. The number of nitrogens with one attached hydrogen (secondary N) is 1. The lowest BCUT2D eigenvalue weighted by molar-refractivity contribution is -0.173. The summed E-state index contributed by atoms with van der Waals surface area (Å²) in [6.45, 7) is 4.28. The molecular formula is C24H33FN7O6P. The molecule has 0 saturated carbocycles. The van der Waals surface area contributed by atoms with Gasteiger partial charge in [-0.3, -0.25) is 13.9 Å². The standard InChI is InChI=1S/C24H33FN7O6P/c1-6-35-22(33)16(3)30-39(34,38-17-10-8-7-9-11-17)36-13-24(25)12-15(2)21(37-24)32-14-27-18-19(31(4)5)28-23(26)29-20(18)32/h7-11,14-16,21H,6,12-13H2,1-5H3,(H,30,34)(H2,26,28,29)/t15-,16-,21+,24-,39-/m0/s1. The van der Waals surface area contributed by atoms with E-state index in [-0.39, 0.29) is 30.6 Å². The summed E-state index contributed by atoms with van der Waals surface area (Å²) in [6.07, 6.45) is 0.594. The van der Waals surface area contributed by atoms with Crippen LogP contribution in [0.4, 0.5) is 16.2 Å². The molecule has 212 valence electrons. The third kappa shape index (κ3) is 6.47. The summed E-state index contributed by atoms with van der Waals surface area (Å²) >= 11 is 0. The lowest BCUT2D eigenvalue weighted by atomic mass is 10.1. The molecule has 15 heteroatoms. The van der Waals surface area contributed by atoms with Crippen molar-refractivity contribution in [3.63, 3.8) is 0 Å². The van der Waals surface area contributed by atoms with E-state index in [0.29, 0.717) is 17.0 Å². The molecule has 1 fully saturated rings. The van der Waals surface area contributed by atoms with Crippen LogP contribution in [0, 0.1) is 5.92 Å². The molecule has 0 spiro atoms. The molecule has 2 aromatic heterocycles. The number of nitrogens with two attached hydrogens (primary N) is 1. The summed E-state index contributed by atoms with van der Waals surface area (Å²) < 4.78 is 53.2. The molecule has 5 atom stereocenters. The van der Waals surface area contributed by atoms with Gasteiger partial charge in [-0.2, -0.15) is 15.1 Å². The lowest BCUT2D eigenvalue weighted by Crippen LogP contribution is -2.37. The van der Waals surface area contributed by atoms with Gasteiger partial charge < -0.3 is 24.6 Å². The molecule has 3 heterocycles. The Bertz CT molecular complexity index is 1360. The average molecular weight is 566 g/mol. The quantitative estimate of drug-likeness (QED) is 0.258. The van der Waals surface area contributed by atoms with Gasteiger partial charge in [-0.25, -0.2) is 13.9 Å². The van der Waals surface area contributed by atoms with Crippen molar-refractivity contribution in [1.82, 2.24) is 24.6 Å². The zero-order valence-electron chi connectivity index (χ0n) is 22.4. The van der Waals surface area contributed by atoms with Gasteiger partial charge in [0.15, 0.2) is 17.0 Å². The third-order valence-electron chi connectivity index (χ3n) is 5.97. The number of imidazole rings is 1. The lowest BCUT2D eigenvalue weighted by Gasteiger charge is -2.26. The maximum Gasteiger partial charge on any atom is 0.459 e. The minimum atomic E-state index is -4.27. The van der Waals surface area contributed by atoms with Gasteiger partial charge in [0.25, 0.3) is 0 Å². The first-order valence-corrected chi connectivity index (χ1v) is 14.0. The summed E-state index contributed by atoms with van der Waals surface area (Å²) in [5.41, 5.74) is 6.77. The van der Waals surface area contributed by atoms with Gasteiger partial charge in [0.1, 0.15) is 24.6 Å². The Morgan fingerprint density at radius 3 is 2.74 bits per heavy atom. The SMILES string of the molecule is CCOC(=O)[C@H](C)N[P@](=O)(OC[C@]1(F)C[C@H](C)[C@H](n2cnc3c(N(C)C)nc(N)nc32)O1)Oc1ccccc1. The number of halogens is 1. The van der Waals surface area contributed by atoms with Gasteiger partial charge in [0.05, 0.1) is 12.9 Å². The minimum absolute atomic E-state index is 0.0363. The molecule has 1 saturated heterocycles. The predicted molar refractivity (Wildman–Crippen MR) is 142 cm³/mol. The van der Waals surface area contributed by atoms with E-state index in [9.17, 15) is 9.36 Å². The molecule has 3 aromatic rings. The summed E-state index contributed by atoms with van der Waals surface area (Å²) in [6, 6.07) is 7.15. The van der Waals surface area contributed by atoms with Crippen LogP contribution in [0.1, 0.15) is 33.4 Å². The van der Waals surface area contributed by atoms with Crippen LogP contribution < -0.4 is 20.2 Å². The van der Waals surface area contributed by atoms with Gasteiger partial charge >= 0.3 is 13.7 Å². The fourth-order valence-electron chi connectivity index (χ4n) is 4.25. The second kappa shape index (κ2) is 11.4. The van der Waals surface area contributed by atoms with Gasteiger partial charge in [0.2, 0.25) is 11.8 Å². The highest BCUT2D eigenvalue weighted by Gasteiger charge is 2.49. The van der Waals surface area contributed by atoms with E-state index in [0.717, 1.165) is 0 Å². The molecule has 0 aliphatic carbocycles. The van der Waals surface area contributed by atoms with Gasteiger partial charge in [-0.05, 0) is 26.0 Å². The number of para-hydroxylation sites is 1. The molecule has 1 aliphatic rings. The van der Waals surface area contributed by atoms with Gasteiger partial charge in [-0.1, -0.05) is 25.1 Å². The fourth-order valence-corrected chi connectivity index (χ4v) is 5.77. The molecule has 1 aromatic carbocycles. The number of nitrogen functional groups attached to an aromatic ring is 1. The van der Waals surface area contributed by atoms with Crippen molar-refractivity contribution in [3.8, 4) is 5.75 Å².